The van der Waals surface area contributed by atoms with E-state index in [1.807, 2.05) is 0 Å². The van der Waals surface area contributed by atoms with Crippen LogP contribution in [0.5, 0.6) is 0 Å². The Balaban J connectivity index is 0.000000313. The Labute approximate surface area is 169 Å². The van der Waals surface area contributed by atoms with E-state index in [-0.39, 0.29) is 0 Å². The zero-order chi connectivity index (χ0) is 21.4. The number of amides is 1. The molecule has 3 rings (SSSR count). The van der Waals surface area contributed by atoms with E-state index < -0.39 is 23.9 Å². The second-order valence-corrected chi connectivity index (χ2v) is 7.33. The van der Waals surface area contributed by atoms with Crippen molar-refractivity contribution in [1.82, 2.24) is 4.90 Å². The summed E-state index contributed by atoms with van der Waals surface area (Å²) in [6.45, 7) is 4.95. The first kappa shape index (κ1) is 22.7. The molecule has 1 unspecified atom stereocenters. The number of ether oxygens (including phenoxy) is 1. The fourth-order valence-electron chi connectivity index (χ4n) is 3.06. The van der Waals surface area contributed by atoms with Crippen LogP contribution in [0.2, 0.25) is 0 Å². The Hall–Kier alpha value is -2.54. The molecule has 2 aromatic rings. The molecule has 1 saturated heterocycles. The number of rotatable bonds is 3. The number of hydrogen-bond acceptors (Lipinski definition) is 3. The van der Waals surface area contributed by atoms with Gasteiger partial charge in [0.15, 0.2) is 6.10 Å². The molecule has 1 heterocycles. The predicted octanol–water partition coefficient (Wildman–Crippen LogP) is 5.24. The number of carbonyl (C=O) groups is 1. The number of benzene rings is 2. The summed E-state index contributed by atoms with van der Waals surface area (Å²) in [6.07, 6.45) is -3.45. The number of likely N-dealkylation sites (tertiary alicyclic amines) is 1. The molecule has 4 nitrogen and oxygen atoms in total. The Morgan fingerprint density at radius 3 is 2.00 bits per heavy atom. The average molecular weight is 408 g/mol. The van der Waals surface area contributed by atoms with Crippen molar-refractivity contribution >= 4 is 6.09 Å². The third-order valence-corrected chi connectivity index (χ3v) is 4.88. The van der Waals surface area contributed by atoms with Crippen molar-refractivity contribution in [2.45, 2.75) is 32.0 Å². The second-order valence-electron chi connectivity index (χ2n) is 7.33. The molecule has 0 radical (unpaired) electrons. The Kier molecular flexibility index (Phi) is 8.08. The van der Waals surface area contributed by atoms with Crippen molar-refractivity contribution in [3.63, 3.8) is 0 Å². The van der Waals surface area contributed by atoms with Crippen molar-refractivity contribution in [3.05, 3.63) is 71.3 Å². The van der Waals surface area contributed by atoms with E-state index in [0.717, 1.165) is 18.1 Å². The van der Waals surface area contributed by atoms with Crippen LogP contribution in [0.4, 0.5) is 18.0 Å². The second kappa shape index (κ2) is 10.3. The largest absolute Gasteiger partial charge is 0.437 e. The molecule has 1 amide bonds. The van der Waals surface area contributed by atoms with Gasteiger partial charge in [0.1, 0.15) is 0 Å². The van der Waals surface area contributed by atoms with Crippen LogP contribution in [-0.2, 0) is 10.9 Å². The van der Waals surface area contributed by atoms with Crippen LogP contribution in [-0.4, -0.2) is 31.1 Å². The fraction of sp³-hybridized carbons (Fsp3) is 0.409. The minimum Gasteiger partial charge on any atom is -0.437 e. The molecule has 0 aromatic heterocycles. The smallest absolute Gasteiger partial charge is 0.416 e. The van der Waals surface area contributed by atoms with Gasteiger partial charge >= 0.3 is 12.3 Å². The molecule has 0 saturated carbocycles. The SMILES string of the molecule is CC1CCN(C)CC1.NC(=O)OC(c1ccccc1)c1ccc(C(F)(F)F)cc1. The van der Waals surface area contributed by atoms with Crippen LogP contribution in [0.1, 0.15) is 42.6 Å². The monoisotopic (exact) mass is 408 g/mol. The van der Waals surface area contributed by atoms with E-state index >= 15 is 0 Å². The molecule has 2 aromatic carbocycles. The van der Waals surface area contributed by atoms with Gasteiger partial charge in [0.05, 0.1) is 5.56 Å². The number of halogens is 3. The van der Waals surface area contributed by atoms with Gasteiger partial charge in [-0.25, -0.2) is 4.79 Å². The number of piperidine rings is 1. The van der Waals surface area contributed by atoms with Crippen molar-refractivity contribution in [3.8, 4) is 0 Å². The van der Waals surface area contributed by atoms with E-state index in [4.69, 9.17) is 10.5 Å². The maximum Gasteiger partial charge on any atom is 0.416 e. The van der Waals surface area contributed by atoms with E-state index in [1.54, 1.807) is 30.3 Å². The number of nitrogens with two attached hydrogens (primary N) is 1. The molecular weight excluding hydrogens is 381 g/mol. The highest BCUT2D eigenvalue weighted by atomic mass is 19.4. The van der Waals surface area contributed by atoms with Crippen LogP contribution in [0.25, 0.3) is 0 Å². The van der Waals surface area contributed by atoms with Crippen LogP contribution < -0.4 is 5.73 Å². The third-order valence-electron chi connectivity index (χ3n) is 4.88. The molecule has 0 aliphatic carbocycles. The Morgan fingerprint density at radius 1 is 1.03 bits per heavy atom. The lowest BCUT2D eigenvalue weighted by Gasteiger charge is -2.26. The minimum absolute atomic E-state index is 0.410. The molecule has 29 heavy (non-hydrogen) atoms. The van der Waals surface area contributed by atoms with Crippen LogP contribution in [0, 0.1) is 5.92 Å². The molecular formula is C22H27F3N2O2. The highest BCUT2D eigenvalue weighted by molar-refractivity contribution is 5.65. The van der Waals surface area contributed by atoms with Gasteiger partial charge in [0.25, 0.3) is 0 Å². The molecule has 158 valence electrons. The number of alkyl halides is 3. The molecule has 7 heteroatoms. The highest BCUT2D eigenvalue weighted by Crippen LogP contribution is 2.32. The fourth-order valence-corrected chi connectivity index (χ4v) is 3.06. The molecule has 2 N–H and O–H groups in total. The van der Waals surface area contributed by atoms with Crippen LogP contribution in [0.3, 0.4) is 0 Å². The summed E-state index contributed by atoms with van der Waals surface area (Å²) in [6, 6.07) is 13.1. The topological polar surface area (TPSA) is 55.6 Å². The molecule has 1 aliphatic heterocycles. The normalized spacial score (nSPS) is 16.4. The maximum atomic E-state index is 12.5. The quantitative estimate of drug-likeness (QED) is 0.756. The first-order valence-corrected chi connectivity index (χ1v) is 9.53. The van der Waals surface area contributed by atoms with Crippen molar-refractivity contribution in [2.75, 3.05) is 20.1 Å². The van der Waals surface area contributed by atoms with E-state index in [0.29, 0.717) is 11.1 Å². The Morgan fingerprint density at radius 2 is 1.55 bits per heavy atom. The number of nitrogens with zero attached hydrogens (tertiary/aromatic N) is 1. The summed E-state index contributed by atoms with van der Waals surface area (Å²) in [4.78, 5) is 13.4. The van der Waals surface area contributed by atoms with Crippen LogP contribution >= 0.6 is 0 Å². The lowest BCUT2D eigenvalue weighted by atomic mass is 10.00. The van der Waals surface area contributed by atoms with E-state index in [1.165, 1.54) is 38.1 Å². The number of hydrogen-bond donors (Lipinski definition) is 1. The summed E-state index contributed by atoms with van der Waals surface area (Å²) < 4.78 is 42.7. The molecule has 1 atom stereocenters. The summed E-state index contributed by atoms with van der Waals surface area (Å²) in [5.41, 5.74) is 5.29. The minimum atomic E-state index is -4.41. The van der Waals surface area contributed by atoms with Crippen molar-refractivity contribution in [1.29, 1.82) is 0 Å². The highest BCUT2D eigenvalue weighted by Gasteiger charge is 2.30. The van der Waals surface area contributed by atoms with Gasteiger partial charge in [-0.2, -0.15) is 13.2 Å². The lowest BCUT2D eigenvalue weighted by molar-refractivity contribution is -0.137. The average Bonchev–Trinajstić information content (AvgIpc) is 2.69. The Bertz CT molecular complexity index is 746. The van der Waals surface area contributed by atoms with Gasteiger partial charge in [-0.1, -0.05) is 49.4 Å². The summed E-state index contributed by atoms with van der Waals surface area (Å²) in [7, 11) is 2.20. The molecule has 1 aliphatic rings. The molecule has 0 bridgehead atoms. The summed E-state index contributed by atoms with van der Waals surface area (Å²) in [5.74, 6) is 0.978. The zero-order valence-corrected chi connectivity index (χ0v) is 16.7. The standard InChI is InChI=1S/C15H12F3NO2.C7H15N/c16-15(17,18)12-8-6-11(7-9-12)13(21-14(19)20)10-4-2-1-3-5-10;1-7-3-5-8(2)6-4-7/h1-9,13H,(H2,19,20);7H,3-6H2,1-2H3. The van der Waals surface area contributed by atoms with E-state index in [2.05, 4.69) is 18.9 Å². The van der Waals surface area contributed by atoms with Gasteiger partial charge in [0.2, 0.25) is 0 Å². The summed E-state index contributed by atoms with van der Waals surface area (Å²) in [5, 5.41) is 0. The third kappa shape index (κ3) is 7.42. The van der Waals surface area contributed by atoms with Crippen LogP contribution in [0.15, 0.2) is 54.6 Å². The number of primary amides is 1. The zero-order valence-electron chi connectivity index (χ0n) is 16.7. The molecule has 1 fully saturated rings. The predicted molar refractivity (Wildman–Crippen MR) is 106 cm³/mol. The number of carbonyl (C=O) groups excluding carboxylic acids is 1. The van der Waals surface area contributed by atoms with E-state index in [9.17, 15) is 18.0 Å². The van der Waals surface area contributed by atoms with Crippen molar-refractivity contribution < 1.29 is 22.7 Å². The van der Waals surface area contributed by atoms with Gasteiger partial charge in [-0.05, 0) is 62.2 Å². The maximum absolute atomic E-state index is 12.5. The van der Waals surface area contributed by atoms with Gasteiger partial charge in [0, 0.05) is 0 Å². The van der Waals surface area contributed by atoms with Gasteiger partial charge in [-0.3, -0.25) is 0 Å². The van der Waals surface area contributed by atoms with Gasteiger partial charge in [-0.15, -0.1) is 0 Å². The lowest BCUT2D eigenvalue weighted by Crippen LogP contribution is -2.28. The summed E-state index contributed by atoms with van der Waals surface area (Å²) >= 11 is 0. The van der Waals surface area contributed by atoms with Crippen molar-refractivity contribution in [2.24, 2.45) is 11.7 Å². The molecule has 0 spiro atoms. The first-order chi connectivity index (χ1) is 13.7. The van der Waals surface area contributed by atoms with Gasteiger partial charge < -0.3 is 15.4 Å². The first-order valence-electron chi connectivity index (χ1n) is 9.53.